The Balaban J connectivity index is 2.03. The second-order valence-corrected chi connectivity index (χ2v) is 4.79. The van der Waals surface area contributed by atoms with E-state index >= 15 is 0 Å². The van der Waals surface area contributed by atoms with Gasteiger partial charge in [-0.3, -0.25) is 4.79 Å². The molecular weight excluding hydrogens is 292 g/mol. The number of carbonyl (C=O) groups excluding carboxylic acids is 1. The number of amides is 1. The van der Waals surface area contributed by atoms with E-state index in [-0.39, 0.29) is 5.91 Å². The van der Waals surface area contributed by atoms with Crippen molar-refractivity contribution >= 4 is 5.91 Å². The number of benzene rings is 2. The fraction of sp³-hybridized carbons (Fsp3) is 0.222. The summed E-state index contributed by atoms with van der Waals surface area (Å²) in [6.45, 7) is 2.80. The third-order valence-corrected chi connectivity index (χ3v) is 3.26. The van der Waals surface area contributed by atoms with Gasteiger partial charge in [-0.15, -0.1) is 0 Å². The monoisotopic (exact) mass is 310 g/mol. The van der Waals surface area contributed by atoms with Gasteiger partial charge in [0.25, 0.3) is 5.91 Å². The van der Waals surface area contributed by atoms with Gasteiger partial charge in [0.2, 0.25) is 0 Å². The zero-order chi connectivity index (χ0) is 16.7. The summed E-state index contributed by atoms with van der Waals surface area (Å²) in [5, 5.41) is 11.6. The van der Waals surface area contributed by atoms with Crippen molar-refractivity contribution in [3.05, 3.63) is 59.2 Å². The van der Waals surface area contributed by atoms with E-state index in [0.29, 0.717) is 35.8 Å². The van der Waals surface area contributed by atoms with Crippen LogP contribution in [0.4, 0.5) is 0 Å². The van der Waals surface area contributed by atoms with Gasteiger partial charge in [0.1, 0.15) is 0 Å². The lowest BCUT2D eigenvalue weighted by Crippen LogP contribution is -2.22. The van der Waals surface area contributed by atoms with Crippen LogP contribution < -0.4 is 14.8 Å². The maximum absolute atomic E-state index is 12.2. The van der Waals surface area contributed by atoms with Gasteiger partial charge < -0.3 is 14.8 Å². The fourth-order valence-electron chi connectivity index (χ4n) is 2.07. The van der Waals surface area contributed by atoms with E-state index in [2.05, 4.69) is 11.4 Å². The number of hydrogen-bond acceptors (Lipinski definition) is 4. The van der Waals surface area contributed by atoms with Gasteiger partial charge >= 0.3 is 0 Å². The van der Waals surface area contributed by atoms with E-state index in [9.17, 15) is 4.79 Å². The molecule has 1 amide bonds. The third kappa shape index (κ3) is 4.24. The third-order valence-electron chi connectivity index (χ3n) is 3.26. The van der Waals surface area contributed by atoms with Crippen LogP contribution in [0.2, 0.25) is 0 Å². The van der Waals surface area contributed by atoms with E-state index in [1.807, 2.05) is 19.1 Å². The van der Waals surface area contributed by atoms with Gasteiger partial charge in [-0.2, -0.15) is 5.26 Å². The molecule has 0 unspecified atom stereocenters. The van der Waals surface area contributed by atoms with Crippen LogP contribution in [0.25, 0.3) is 0 Å². The van der Waals surface area contributed by atoms with Gasteiger partial charge in [-0.25, -0.2) is 0 Å². The molecule has 0 fully saturated rings. The standard InChI is InChI=1S/C18H18N2O3/c1-3-23-16-9-8-15(10-17(16)22-2)18(21)20-12-14-6-4-13(11-19)5-7-14/h4-10H,3,12H2,1-2H3,(H,20,21). The Bertz CT molecular complexity index is 718. The van der Waals surface area contributed by atoms with Crippen molar-refractivity contribution in [1.82, 2.24) is 5.32 Å². The first-order chi connectivity index (χ1) is 11.2. The number of nitrogens with one attached hydrogen (secondary N) is 1. The summed E-state index contributed by atoms with van der Waals surface area (Å²) in [5.74, 6) is 0.937. The molecule has 0 saturated heterocycles. The van der Waals surface area contributed by atoms with Crippen molar-refractivity contribution < 1.29 is 14.3 Å². The molecule has 2 aromatic rings. The van der Waals surface area contributed by atoms with Gasteiger partial charge in [-0.1, -0.05) is 12.1 Å². The van der Waals surface area contributed by atoms with Gasteiger partial charge in [0, 0.05) is 12.1 Å². The summed E-state index contributed by atoms with van der Waals surface area (Å²) >= 11 is 0. The number of ether oxygens (including phenoxy) is 2. The quantitative estimate of drug-likeness (QED) is 0.890. The Hall–Kier alpha value is -3.00. The highest BCUT2D eigenvalue weighted by molar-refractivity contribution is 5.94. The molecule has 5 heteroatoms. The lowest BCUT2D eigenvalue weighted by atomic mass is 10.1. The molecule has 5 nitrogen and oxygen atoms in total. The first-order valence-electron chi connectivity index (χ1n) is 7.26. The lowest BCUT2D eigenvalue weighted by Gasteiger charge is -2.11. The average Bonchev–Trinajstić information content (AvgIpc) is 2.60. The minimum atomic E-state index is -0.198. The van der Waals surface area contributed by atoms with E-state index in [0.717, 1.165) is 5.56 Å². The van der Waals surface area contributed by atoms with Crippen molar-refractivity contribution in [2.45, 2.75) is 13.5 Å². The molecule has 0 radical (unpaired) electrons. The van der Waals surface area contributed by atoms with E-state index in [1.165, 1.54) is 7.11 Å². The second-order valence-electron chi connectivity index (χ2n) is 4.79. The minimum absolute atomic E-state index is 0.198. The van der Waals surface area contributed by atoms with Crippen LogP contribution in [0, 0.1) is 11.3 Å². The number of nitrogens with zero attached hydrogens (tertiary/aromatic N) is 1. The molecule has 118 valence electrons. The fourth-order valence-corrected chi connectivity index (χ4v) is 2.07. The second kappa shape index (κ2) is 7.85. The topological polar surface area (TPSA) is 71.3 Å². The Morgan fingerprint density at radius 3 is 2.52 bits per heavy atom. The van der Waals surface area contributed by atoms with Crippen molar-refractivity contribution in [3.8, 4) is 17.6 Å². The summed E-state index contributed by atoms with van der Waals surface area (Å²) in [6, 6.07) is 14.2. The predicted molar refractivity (Wildman–Crippen MR) is 86.5 cm³/mol. The Morgan fingerprint density at radius 1 is 1.17 bits per heavy atom. The van der Waals surface area contributed by atoms with Gasteiger partial charge in [-0.05, 0) is 42.8 Å². The predicted octanol–water partition coefficient (Wildman–Crippen LogP) is 2.90. The zero-order valence-corrected chi connectivity index (χ0v) is 13.1. The highest BCUT2D eigenvalue weighted by Gasteiger charge is 2.10. The Morgan fingerprint density at radius 2 is 1.91 bits per heavy atom. The van der Waals surface area contributed by atoms with Crippen LogP contribution in [-0.4, -0.2) is 19.6 Å². The average molecular weight is 310 g/mol. The van der Waals surface area contributed by atoms with Crippen molar-refractivity contribution in [2.75, 3.05) is 13.7 Å². The molecule has 1 N–H and O–H groups in total. The number of nitriles is 1. The number of rotatable bonds is 6. The summed E-state index contributed by atoms with van der Waals surface area (Å²) in [5.41, 5.74) is 2.02. The van der Waals surface area contributed by atoms with Crippen LogP contribution >= 0.6 is 0 Å². The summed E-state index contributed by atoms with van der Waals surface area (Å²) in [4.78, 5) is 12.2. The first-order valence-corrected chi connectivity index (χ1v) is 7.26. The Labute approximate surface area is 135 Å². The first kappa shape index (κ1) is 16.4. The molecule has 0 spiro atoms. The van der Waals surface area contributed by atoms with E-state index in [4.69, 9.17) is 14.7 Å². The van der Waals surface area contributed by atoms with Crippen molar-refractivity contribution in [2.24, 2.45) is 0 Å². The van der Waals surface area contributed by atoms with Crippen molar-refractivity contribution in [1.29, 1.82) is 5.26 Å². The van der Waals surface area contributed by atoms with Gasteiger partial charge in [0.05, 0.1) is 25.3 Å². The summed E-state index contributed by atoms with van der Waals surface area (Å²) in [6.07, 6.45) is 0. The van der Waals surface area contributed by atoms with Crippen molar-refractivity contribution in [3.63, 3.8) is 0 Å². The summed E-state index contributed by atoms with van der Waals surface area (Å²) in [7, 11) is 1.54. The molecule has 2 rings (SSSR count). The molecule has 23 heavy (non-hydrogen) atoms. The van der Waals surface area contributed by atoms with Crippen LogP contribution in [0.15, 0.2) is 42.5 Å². The molecule has 0 saturated carbocycles. The molecule has 0 aromatic heterocycles. The molecule has 2 aromatic carbocycles. The Kier molecular flexibility index (Phi) is 5.59. The lowest BCUT2D eigenvalue weighted by molar-refractivity contribution is 0.0950. The van der Waals surface area contributed by atoms with Crippen LogP contribution in [0.5, 0.6) is 11.5 Å². The SMILES string of the molecule is CCOc1ccc(C(=O)NCc2ccc(C#N)cc2)cc1OC. The minimum Gasteiger partial charge on any atom is -0.493 e. The van der Waals surface area contributed by atoms with Gasteiger partial charge in [0.15, 0.2) is 11.5 Å². The molecule has 0 bridgehead atoms. The van der Waals surface area contributed by atoms with Crippen LogP contribution in [0.3, 0.4) is 0 Å². The highest BCUT2D eigenvalue weighted by atomic mass is 16.5. The number of methoxy groups -OCH3 is 1. The van der Waals surface area contributed by atoms with Crippen LogP contribution in [-0.2, 0) is 6.54 Å². The van der Waals surface area contributed by atoms with E-state index < -0.39 is 0 Å². The molecular formula is C18H18N2O3. The zero-order valence-electron chi connectivity index (χ0n) is 13.1. The molecule has 0 aliphatic carbocycles. The molecule has 0 aliphatic heterocycles. The maximum Gasteiger partial charge on any atom is 0.251 e. The van der Waals surface area contributed by atoms with E-state index in [1.54, 1.807) is 30.3 Å². The maximum atomic E-state index is 12.2. The largest absolute Gasteiger partial charge is 0.493 e. The molecule has 0 atom stereocenters. The highest BCUT2D eigenvalue weighted by Crippen LogP contribution is 2.28. The number of carbonyl (C=O) groups is 1. The normalized spacial score (nSPS) is 9.78. The van der Waals surface area contributed by atoms with Crippen LogP contribution in [0.1, 0.15) is 28.4 Å². The smallest absolute Gasteiger partial charge is 0.251 e. The molecule has 0 heterocycles. The molecule has 0 aliphatic rings. The summed E-state index contributed by atoms with van der Waals surface area (Å²) < 4.78 is 10.7. The number of hydrogen-bond donors (Lipinski definition) is 1.